The number of rotatable bonds is 6. The van der Waals surface area contributed by atoms with E-state index in [4.69, 9.17) is 14.7 Å². The zero-order chi connectivity index (χ0) is 23.4. The maximum atomic E-state index is 12.0. The first-order chi connectivity index (χ1) is 15.9. The average Bonchev–Trinajstić information content (AvgIpc) is 2.81. The van der Waals surface area contributed by atoms with Gasteiger partial charge in [0.05, 0.1) is 17.7 Å². The van der Waals surface area contributed by atoms with Gasteiger partial charge in [-0.1, -0.05) is 32.0 Å². The number of aromatic nitrogens is 2. The van der Waals surface area contributed by atoms with E-state index in [-0.39, 0.29) is 13.3 Å². The topological polar surface area (TPSA) is 87.6 Å². The van der Waals surface area contributed by atoms with E-state index in [2.05, 4.69) is 28.4 Å². The second-order valence-corrected chi connectivity index (χ2v) is 9.24. The molecule has 0 aliphatic carbocycles. The van der Waals surface area contributed by atoms with Gasteiger partial charge in [0, 0.05) is 26.4 Å². The maximum Gasteiger partial charge on any atom is 0.407 e. The molecule has 2 N–H and O–H groups in total. The normalized spacial score (nSPS) is 16.2. The number of aromatic hydroxyl groups is 1. The number of para-hydroxylation sites is 1. The summed E-state index contributed by atoms with van der Waals surface area (Å²) < 4.78 is 5.24. The minimum absolute atomic E-state index is 0. The standard InChI is InChI=1S/C26H32N4O3.H2/c1-17(2)16-33-26(32)27-14-19-7-6-12-30(15-19)25-20-11-10-18(3)13-22(20)28-24(29-25)21-8-4-5-9-23(21)31;/h4-5,8-11,13,17,19,31H,6-7,12,14-16H2,1-3H3,(H,27,32);1H/t19-;/m1./s1. The highest BCUT2D eigenvalue weighted by atomic mass is 16.5. The van der Waals surface area contributed by atoms with Gasteiger partial charge in [-0.25, -0.2) is 14.8 Å². The van der Waals surface area contributed by atoms with Crippen LogP contribution in [-0.2, 0) is 4.74 Å². The van der Waals surface area contributed by atoms with Crippen LogP contribution in [0.15, 0.2) is 42.5 Å². The van der Waals surface area contributed by atoms with E-state index in [1.165, 1.54) is 0 Å². The first-order valence-corrected chi connectivity index (χ1v) is 11.6. The van der Waals surface area contributed by atoms with Gasteiger partial charge in [-0.2, -0.15) is 0 Å². The molecule has 0 spiro atoms. The van der Waals surface area contributed by atoms with Gasteiger partial charge in [-0.05, 0) is 61.4 Å². The van der Waals surface area contributed by atoms with Crippen LogP contribution in [0.2, 0.25) is 0 Å². The molecule has 0 saturated carbocycles. The Labute approximate surface area is 196 Å². The number of phenols is 1. The number of anilines is 1. The van der Waals surface area contributed by atoms with Crippen LogP contribution in [-0.4, -0.2) is 47.4 Å². The van der Waals surface area contributed by atoms with Crippen molar-refractivity contribution in [3.8, 4) is 17.1 Å². The molecule has 0 radical (unpaired) electrons. The Morgan fingerprint density at radius 3 is 2.88 bits per heavy atom. The molecule has 1 saturated heterocycles. The third kappa shape index (κ3) is 5.53. The first-order valence-electron chi connectivity index (χ1n) is 11.6. The number of hydrogen-bond donors (Lipinski definition) is 2. The Morgan fingerprint density at radius 1 is 1.27 bits per heavy atom. The Balaban J connectivity index is 0.00000324. The molecule has 7 heteroatoms. The number of alkyl carbamates (subject to hydrolysis) is 1. The van der Waals surface area contributed by atoms with E-state index in [9.17, 15) is 9.90 Å². The van der Waals surface area contributed by atoms with Gasteiger partial charge >= 0.3 is 6.09 Å². The third-order valence-electron chi connectivity index (χ3n) is 5.88. The summed E-state index contributed by atoms with van der Waals surface area (Å²) in [5.41, 5.74) is 2.59. The molecule has 176 valence electrons. The Morgan fingerprint density at radius 2 is 2.09 bits per heavy atom. The summed E-state index contributed by atoms with van der Waals surface area (Å²) in [7, 11) is 0. The number of piperidine rings is 1. The van der Waals surface area contributed by atoms with Crippen LogP contribution < -0.4 is 10.2 Å². The average molecular weight is 451 g/mol. The fourth-order valence-corrected chi connectivity index (χ4v) is 4.19. The van der Waals surface area contributed by atoms with Crippen LogP contribution >= 0.6 is 0 Å². The minimum Gasteiger partial charge on any atom is -0.507 e. The summed E-state index contributed by atoms with van der Waals surface area (Å²) in [4.78, 5) is 23.9. The highest BCUT2D eigenvalue weighted by Gasteiger charge is 2.24. The lowest BCUT2D eigenvalue weighted by Crippen LogP contribution is -2.41. The summed E-state index contributed by atoms with van der Waals surface area (Å²) in [5.74, 6) is 2.16. The maximum absolute atomic E-state index is 12.0. The van der Waals surface area contributed by atoms with Crippen LogP contribution in [0.3, 0.4) is 0 Å². The zero-order valence-electron chi connectivity index (χ0n) is 19.5. The quantitative estimate of drug-likeness (QED) is 0.540. The molecular formula is C26H34N4O3. The molecule has 0 unspecified atom stereocenters. The lowest BCUT2D eigenvalue weighted by Gasteiger charge is -2.34. The molecule has 33 heavy (non-hydrogen) atoms. The summed E-state index contributed by atoms with van der Waals surface area (Å²) in [6.45, 7) is 8.74. The Hall–Kier alpha value is -3.35. The predicted molar refractivity (Wildman–Crippen MR) is 133 cm³/mol. The number of amides is 1. The molecule has 7 nitrogen and oxygen atoms in total. The number of nitrogens with zero attached hydrogens (tertiary/aromatic N) is 3. The number of hydrogen-bond acceptors (Lipinski definition) is 6. The van der Waals surface area contributed by atoms with Crippen molar-refractivity contribution >= 4 is 22.8 Å². The number of benzene rings is 2. The molecule has 1 fully saturated rings. The molecule has 1 aliphatic heterocycles. The summed E-state index contributed by atoms with van der Waals surface area (Å²) in [6.07, 6.45) is 1.69. The van der Waals surface area contributed by atoms with Crippen molar-refractivity contribution in [3.63, 3.8) is 0 Å². The number of aryl methyl sites for hydroxylation is 1. The number of fused-ring (bicyclic) bond motifs is 1. The molecule has 2 heterocycles. The molecule has 1 amide bonds. The van der Waals surface area contributed by atoms with Crippen molar-refractivity contribution in [2.45, 2.75) is 33.6 Å². The van der Waals surface area contributed by atoms with Crippen molar-refractivity contribution in [3.05, 3.63) is 48.0 Å². The van der Waals surface area contributed by atoms with Gasteiger partial charge in [0.1, 0.15) is 11.6 Å². The van der Waals surface area contributed by atoms with Crippen molar-refractivity contribution in [2.24, 2.45) is 11.8 Å². The molecule has 0 bridgehead atoms. The summed E-state index contributed by atoms with van der Waals surface area (Å²) in [6, 6.07) is 13.3. The van der Waals surface area contributed by atoms with Crippen LogP contribution in [0.5, 0.6) is 5.75 Å². The lowest BCUT2D eigenvalue weighted by atomic mass is 9.97. The number of nitrogens with one attached hydrogen (secondary N) is 1. The molecule has 1 aliphatic rings. The van der Waals surface area contributed by atoms with Crippen LogP contribution in [0, 0.1) is 18.8 Å². The van der Waals surface area contributed by atoms with Crippen LogP contribution in [0.1, 0.15) is 33.7 Å². The van der Waals surface area contributed by atoms with Gasteiger partial charge in [-0.15, -0.1) is 0 Å². The zero-order valence-corrected chi connectivity index (χ0v) is 19.5. The monoisotopic (exact) mass is 450 g/mol. The Bertz CT molecular complexity index is 1140. The summed E-state index contributed by atoms with van der Waals surface area (Å²) >= 11 is 0. The predicted octanol–water partition coefficient (Wildman–Crippen LogP) is 5.16. The van der Waals surface area contributed by atoms with Crippen molar-refractivity contribution < 1.29 is 16.1 Å². The highest BCUT2D eigenvalue weighted by Crippen LogP contribution is 2.33. The third-order valence-corrected chi connectivity index (χ3v) is 5.88. The van der Waals surface area contributed by atoms with E-state index >= 15 is 0 Å². The Kier molecular flexibility index (Phi) is 6.96. The van der Waals surface area contributed by atoms with E-state index in [0.29, 0.717) is 36.4 Å². The smallest absolute Gasteiger partial charge is 0.407 e. The lowest BCUT2D eigenvalue weighted by molar-refractivity contribution is 0.131. The number of ether oxygens (including phenoxy) is 1. The SMILES string of the molecule is Cc1ccc2c(N3CCC[C@H](CNC(=O)OCC(C)C)C3)nc(-c3ccccc3O)nc2c1.[HH]. The van der Waals surface area contributed by atoms with E-state index in [1.807, 2.05) is 32.9 Å². The molecule has 1 atom stereocenters. The molecule has 1 aromatic heterocycles. The van der Waals surface area contributed by atoms with Gasteiger partial charge in [-0.3, -0.25) is 0 Å². The van der Waals surface area contributed by atoms with Crippen molar-refractivity contribution in [1.29, 1.82) is 0 Å². The van der Waals surface area contributed by atoms with E-state index in [0.717, 1.165) is 48.2 Å². The fourth-order valence-electron chi connectivity index (χ4n) is 4.19. The molecule has 3 aromatic rings. The van der Waals surface area contributed by atoms with Gasteiger partial charge < -0.3 is 20.1 Å². The van der Waals surface area contributed by atoms with Gasteiger partial charge in [0.15, 0.2) is 5.82 Å². The molecule has 4 rings (SSSR count). The van der Waals surface area contributed by atoms with Gasteiger partial charge in [0.2, 0.25) is 0 Å². The number of phenolic OH excluding ortho intramolecular Hbond substituents is 1. The summed E-state index contributed by atoms with van der Waals surface area (Å²) in [5, 5.41) is 14.3. The minimum atomic E-state index is -0.356. The van der Waals surface area contributed by atoms with Crippen LogP contribution in [0.25, 0.3) is 22.3 Å². The second kappa shape index (κ2) is 10.1. The van der Waals surface area contributed by atoms with E-state index in [1.54, 1.807) is 12.1 Å². The highest BCUT2D eigenvalue weighted by molar-refractivity contribution is 5.92. The molecular weight excluding hydrogens is 416 g/mol. The van der Waals surface area contributed by atoms with Crippen molar-refractivity contribution in [1.82, 2.24) is 15.3 Å². The second-order valence-electron chi connectivity index (χ2n) is 9.24. The largest absolute Gasteiger partial charge is 0.507 e. The fraction of sp³-hybridized carbons (Fsp3) is 0.423. The first kappa shape index (κ1) is 22.8. The number of carbonyl (C=O) groups excluding carboxylic acids is 1. The van der Waals surface area contributed by atoms with E-state index < -0.39 is 0 Å². The van der Waals surface area contributed by atoms with Gasteiger partial charge in [0.25, 0.3) is 0 Å². The van der Waals surface area contributed by atoms with Crippen LogP contribution in [0.4, 0.5) is 10.6 Å². The number of carbonyl (C=O) groups is 1. The molecule has 2 aromatic carbocycles. The van der Waals surface area contributed by atoms with Crippen molar-refractivity contribution in [2.75, 3.05) is 31.1 Å².